The third-order valence-electron chi connectivity index (χ3n) is 2.16. The predicted octanol–water partition coefficient (Wildman–Crippen LogP) is 1.03. The molecule has 0 radical (unpaired) electrons. The third-order valence-corrected chi connectivity index (χ3v) is 2.16. The highest BCUT2D eigenvalue weighted by Crippen LogP contribution is 2.09. The lowest BCUT2D eigenvalue weighted by atomic mass is 10.1. The van der Waals surface area contributed by atoms with Crippen molar-refractivity contribution in [2.24, 2.45) is 0 Å². The van der Waals surface area contributed by atoms with E-state index in [1.54, 1.807) is 12.1 Å². The van der Waals surface area contributed by atoms with Crippen molar-refractivity contribution in [1.29, 1.82) is 0 Å². The molecule has 0 atom stereocenters. The number of phenols is 1. The van der Waals surface area contributed by atoms with Gasteiger partial charge in [-0.1, -0.05) is 12.1 Å². The topological polar surface area (TPSA) is 66.4 Å². The Morgan fingerprint density at radius 3 is 2.62 bits per heavy atom. The Bertz CT molecular complexity index is 346. The van der Waals surface area contributed by atoms with E-state index in [0.29, 0.717) is 13.0 Å². The number of carbonyl (C=O) groups excluding carboxylic acids is 2. The first-order chi connectivity index (χ1) is 7.72. The molecule has 0 aliphatic carbocycles. The van der Waals surface area contributed by atoms with E-state index in [1.807, 2.05) is 12.1 Å². The minimum atomic E-state index is -0.106. The highest BCUT2D eigenvalue weighted by Gasteiger charge is 1.99. The fourth-order valence-corrected chi connectivity index (χ4v) is 1.29. The molecule has 0 spiro atoms. The highest BCUT2D eigenvalue weighted by atomic mass is 16.3. The van der Waals surface area contributed by atoms with E-state index in [9.17, 15) is 9.59 Å². The summed E-state index contributed by atoms with van der Waals surface area (Å²) < 4.78 is 0. The van der Waals surface area contributed by atoms with E-state index in [0.717, 1.165) is 11.8 Å². The second kappa shape index (κ2) is 6.61. The average molecular weight is 221 g/mol. The van der Waals surface area contributed by atoms with Crippen molar-refractivity contribution in [3.8, 4) is 5.75 Å². The maximum atomic E-state index is 11.1. The zero-order valence-corrected chi connectivity index (χ0v) is 8.98. The Labute approximate surface area is 94.3 Å². The maximum absolute atomic E-state index is 11.1. The summed E-state index contributed by atoms with van der Waals surface area (Å²) in [6.45, 7) is 0.544. The second-order valence-electron chi connectivity index (χ2n) is 3.47. The summed E-state index contributed by atoms with van der Waals surface area (Å²) in [6, 6.07) is 6.85. The Kier molecular flexibility index (Phi) is 5.05. The number of benzene rings is 1. The number of hydrogen-bond acceptors (Lipinski definition) is 3. The summed E-state index contributed by atoms with van der Waals surface area (Å²) in [4.78, 5) is 21.2. The molecule has 0 aliphatic rings. The minimum absolute atomic E-state index is 0.106. The van der Waals surface area contributed by atoms with Gasteiger partial charge in [0.15, 0.2) is 0 Å². The van der Waals surface area contributed by atoms with Crippen LogP contribution in [0.25, 0.3) is 0 Å². The van der Waals surface area contributed by atoms with E-state index < -0.39 is 0 Å². The van der Waals surface area contributed by atoms with Gasteiger partial charge in [0.05, 0.1) is 0 Å². The molecule has 4 nitrogen and oxygen atoms in total. The molecule has 1 amide bonds. The SMILES string of the molecule is O=CCCC(=O)NCCc1ccc(O)cc1. The predicted molar refractivity (Wildman–Crippen MR) is 60.1 cm³/mol. The number of amides is 1. The molecule has 0 heterocycles. The van der Waals surface area contributed by atoms with Gasteiger partial charge in [0.25, 0.3) is 0 Å². The molecule has 4 heteroatoms. The van der Waals surface area contributed by atoms with Crippen LogP contribution < -0.4 is 5.32 Å². The van der Waals surface area contributed by atoms with E-state index in [2.05, 4.69) is 5.32 Å². The van der Waals surface area contributed by atoms with Gasteiger partial charge in [0, 0.05) is 19.4 Å². The number of aldehydes is 1. The van der Waals surface area contributed by atoms with Crippen molar-refractivity contribution in [2.45, 2.75) is 19.3 Å². The molecule has 0 bridgehead atoms. The van der Waals surface area contributed by atoms with Gasteiger partial charge in [-0.15, -0.1) is 0 Å². The fourth-order valence-electron chi connectivity index (χ4n) is 1.29. The molecule has 1 rings (SSSR count). The first-order valence-corrected chi connectivity index (χ1v) is 5.20. The van der Waals surface area contributed by atoms with E-state index in [-0.39, 0.29) is 24.5 Å². The quantitative estimate of drug-likeness (QED) is 0.705. The smallest absolute Gasteiger partial charge is 0.220 e. The minimum Gasteiger partial charge on any atom is -0.508 e. The third kappa shape index (κ3) is 4.59. The first-order valence-electron chi connectivity index (χ1n) is 5.20. The van der Waals surface area contributed by atoms with E-state index >= 15 is 0 Å². The normalized spacial score (nSPS) is 9.75. The molecule has 2 N–H and O–H groups in total. The molecular weight excluding hydrogens is 206 g/mol. The van der Waals surface area contributed by atoms with Crippen LogP contribution in [0.4, 0.5) is 0 Å². The van der Waals surface area contributed by atoms with Crippen LogP contribution in [0.15, 0.2) is 24.3 Å². The highest BCUT2D eigenvalue weighted by molar-refractivity contribution is 5.78. The van der Waals surface area contributed by atoms with Crippen LogP contribution >= 0.6 is 0 Å². The molecule has 0 saturated carbocycles. The number of carbonyl (C=O) groups is 2. The summed E-state index contributed by atoms with van der Waals surface area (Å²) in [5.74, 6) is 0.129. The van der Waals surface area contributed by atoms with Gasteiger partial charge in [0.1, 0.15) is 12.0 Å². The summed E-state index contributed by atoms with van der Waals surface area (Å²) in [6.07, 6.45) is 1.97. The van der Waals surface area contributed by atoms with Gasteiger partial charge < -0.3 is 15.2 Å². The van der Waals surface area contributed by atoms with Crippen molar-refractivity contribution < 1.29 is 14.7 Å². The second-order valence-corrected chi connectivity index (χ2v) is 3.47. The molecule has 0 aliphatic heterocycles. The number of nitrogens with one attached hydrogen (secondary N) is 1. The molecule has 1 aromatic carbocycles. The molecule has 0 fully saturated rings. The average Bonchev–Trinajstić information content (AvgIpc) is 2.29. The van der Waals surface area contributed by atoms with Crippen LogP contribution in [0.2, 0.25) is 0 Å². The lowest BCUT2D eigenvalue weighted by molar-refractivity contribution is -0.122. The van der Waals surface area contributed by atoms with Gasteiger partial charge in [-0.25, -0.2) is 0 Å². The molecule has 0 saturated heterocycles. The largest absolute Gasteiger partial charge is 0.508 e. The van der Waals surface area contributed by atoms with Crippen LogP contribution in [0, 0.1) is 0 Å². The van der Waals surface area contributed by atoms with Gasteiger partial charge in [-0.3, -0.25) is 4.79 Å². The molecule has 1 aromatic rings. The molecular formula is C12H15NO3. The van der Waals surface area contributed by atoms with Crippen LogP contribution in [0.1, 0.15) is 18.4 Å². The van der Waals surface area contributed by atoms with Crippen LogP contribution in [-0.4, -0.2) is 23.8 Å². The molecule has 0 aromatic heterocycles. The Morgan fingerprint density at radius 1 is 1.31 bits per heavy atom. The van der Waals surface area contributed by atoms with Crippen molar-refractivity contribution >= 4 is 12.2 Å². The fraction of sp³-hybridized carbons (Fsp3) is 0.333. The first kappa shape index (κ1) is 12.2. The van der Waals surface area contributed by atoms with Gasteiger partial charge >= 0.3 is 0 Å². The summed E-state index contributed by atoms with van der Waals surface area (Å²) >= 11 is 0. The van der Waals surface area contributed by atoms with Crippen molar-refractivity contribution in [3.05, 3.63) is 29.8 Å². The van der Waals surface area contributed by atoms with E-state index in [1.165, 1.54) is 0 Å². The molecule has 86 valence electrons. The number of hydrogen-bond donors (Lipinski definition) is 2. The lowest BCUT2D eigenvalue weighted by Gasteiger charge is -2.04. The van der Waals surface area contributed by atoms with Crippen LogP contribution in [0.3, 0.4) is 0 Å². The monoisotopic (exact) mass is 221 g/mol. The zero-order chi connectivity index (χ0) is 11.8. The van der Waals surface area contributed by atoms with Crippen molar-refractivity contribution in [2.75, 3.05) is 6.54 Å². The number of aromatic hydroxyl groups is 1. The maximum Gasteiger partial charge on any atom is 0.220 e. The Balaban J connectivity index is 2.22. The van der Waals surface area contributed by atoms with Gasteiger partial charge in [-0.2, -0.15) is 0 Å². The Morgan fingerprint density at radius 2 is 2.00 bits per heavy atom. The summed E-state index contributed by atoms with van der Waals surface area (Å²) in [5, 5.41) is 11.8. The number of phenolic OH excluding ortho intramolecular Hbond substituents is 1. The summed E-state index contributed by atoms with van der Waals surface area (Å²) in [7, 11) is 0. The van der Waals surface area contributed by atoms with E-state index in [4.69, 9.17) is 5.11 Å². The van der Waals surface area contributed by atoms with Crippen molar-refractivity contribution in [3.63, 3.8) is 0 Å². The Hall–Kier alpha value is -1.84. The lowest BCUT2D eigenvalue weighted by Crippen LogP contribution is -2.25. The van der Waals surface area contributed by atoms with Crippen molar-refractivity contribution in [1.82, 2.24) is 5.32 Å². The van der Waals surface area contributed by atoms with Crippen LogP contribution in [0.5, 0.6) is 5.75 Å². The molecule has 16 heavy (non-hydrogen) atoms. The standard InChI is InChI=1S/C12H15NO3/c14-9-1-2-12(16)13-8-7-10-3-5-11(15)6-4-10/h3-6,9,15H,1-2,7-8H2,(H,13,16). The van der Waals surface area contributed by atoms with Crippen LogP contribution in [-0.2, 0) is 16.0 Å². The summed E-state index contributed by atoms with van der Waals surface area (Å²) in [5.41, 5.74) is 1.05. The van der Waals surface area contributed by atoms with Gasteiger partial charge in [-0.05, 0) is 24.1 Å². The zero-order valence-electron chi connectivity index (χ0n) is 8.98. The van der Waals surface area contributed by atoms with Gasteiger partial charge in [0.2, 0.25) is 5.91 Å². The molecule has 0 unspecified atom stereocenters. The number of rotatable bonds is 6.